The molecule has 0 aliphatic carbocycles. The molecule has 0 bridgehead atoms. The molecule has 0 saturated heterocycles. The maximum Gasteiger partial charge on any atom is 0.293 e. The smallest absolute Gasteiger partial charge is 0.293 e. The molecule has 0 spiro atoms. The number of benzene rings is 1. The first-order chi connectivity index (χ1) is 9.65. The molecule has 0 unspecified atom stereocenters. The van der Waals surface area contributed by atoms with Crippen LogP contribution in [-0.4, -0.2) is 22.8 Å². The number of thiocarbonyl (C=S) groups is 2. The van der Waals surface area contributed by atoms with Gasteiger partial charge in [0.2, 0.25) is 0 Å². The average molecular weight is 310 g/mol. The van der Waals surface area contributed by atoms with Gasteiger partial charge in [0.05, 0.1) is 0 Å². The molecule has 0 heterocycles. The summed E-state index contributed by atoms with van der Waals surface area (Å²) >= 11 is 9.87. The second-order valence-corrected chi connectivity index (χ2v) is 4.05. The zero-order valence-electron chi connectivity index (χ0n) is 11.0. The summed E-state index contributed by atoms with van der Waals surface area (Å²) < 4.78 is 0. The summed E-state index contributed by atoms with van der Waals surface area (Å²) in [6, 6.07) is 7.22. The number of nitrogens with zero attached hydrogens (tertiary/aromatic N) is 2. The Bertz CT molecular complexity index is 468. The summed E-state index contributed by atoms with van der Waals surface area (Å²) in [7, 11) is 0. The van der Waals surface area contributed by atoms with Crippen LogP contribution in [0.4, 0.5) is 11.4 Å². The van der Waals surface area contributed by atoms with E-state index in [1.165, 1.54) is 12.4 Å². The van der Waals surface area contributed by atoms with Crippen molar-refractivity contribution >= 4 is 58.6 Å². The van der Waals surface area contributed by atoms with Gasteiger partial charge in [-0.05, 0) is 62.5 Å². The van der Waals surface area contributed by atoms with E-state index in [1.807, 2.05) is 0 Å². The van der Waals surface area contributed by atoms with Gasteiger partial charge >= 0.3 is 0 Å². The summed E-state index contributed by atoms with van der Waals surface area (Å²) in [5, 5.41) is 13.2. The number of nitrogens with one attached hydrogen (secondary N) is 2. The predicted octanol–water partition coefficient (Wildman–Crippen LogP) is 3.12. The lowest BCUT2D eigenvalue weighted by Crippen LogP contribution is -2.11. The highest BCUT2D eigenvalue weighted by Gasteiger charge is 2.01. The van der Waals surface area contributed by atoms with Crippen LogP contribution < -0.4 is 10.6 Å². The number of hydrogen-bond acceptors (Lipinski definition) is 6. The SMILES string of the molecule is CC=NOC(=S)Nc1ccc(NC(=S)ON=CC)cc1. The van der Waals surface area contributed by atoms with Crippen LogP contribution in [0.1, 0.15) is 13.8 Å². The zero-order valence-corrected chi connectivity index (χ0v) is 12.6. The molecule has 2 N–H and O–H groups in total. The van der Waals surface area contributed by atoms with Gasteiger partial charge in [0.25, 0.3) is 10.3 Å². The number of anilines is 2. The zero-order chi connectivity index (χ0) is 14.8. The molecule has 8 heteroatoms. The summed E-state index contributed by atoms with van der Waals surface area (Å²) in [6.07, 6.45) is 3.00. The summed E-state index contributed by atoms with van der Waals surface area (Å²) in [6.45, 7) is 3.47. The molecule has 0 aromatic heterocycles. The van der Waals surface area contributed by atoms with Gasteiger partial charge in [0, 0.05) is 23.8 Å². The number of rotatable bonds is 4. The molecule has 1 rings (SSSR count). The monoisotopic (exact) mass is 310 g/mol. The van der Waals surface area contributed by atoms with E-state index in [-0.39, 0.29) is 10.3 Å². The minimum atomic E-state index is 0.167. The summed E-state index contributed by atoms with van der Waals surface area (Å²) in [5.74, 6) is 0. The van der Waals surface area contributed by atoms with Crippen LogP contribution in [0.3, 0.4) is 0 Å². The molecule has 0 radical (unpaired) electrons. The molecule has 1 aromatic carbocycles. The third kappa shape index (κ3) is 6.21. The van der Waals surface area contributed by atoms with E-state index in [0.29, 0.717) is 0 Å². The van der Waals surface area contributed by atoms with Crippen LogP contribution in [0.25, 0.3) is 0 Å². The Hall–Kier alpha value is -2.06. The van der Waals surface area contributed by atoms with Crippen LogP contribution >= 0.6 is 24.4 Å². The molecular formula is C12H14N4O2S2. The van der Waals surface area contributed by atoms with Gasteiger partial charge < -0.3 is 20.3 Å². The van der Waals surface area contributed by atoms with Crippen molar-refractivity contribution in [1.29, 1.82) is 0 Å². The van der Waals surface area contributed by atoms with E-state index >= 15 is 0 Å². The highest BCUT2D eigenvalue weighted by molar-refractivity contribution is 7.80. The predicted molar refractivity (Wildman–Crippen MR) is 89.4 cm³/mol. The van der Waals surface area contributed by atoms with E-state index in [4.69, 9.17) is 34.1 Å². The second kappa shape index (κ2) is 8.94. The lowest BCUT2D eigenvalue weighted by molar-refractivity contribution is 0.338. The van der Waals surface area contributed by atoms with Gasteiger partial charge in [-0.1, -0.05) is 10.3 Å². The van der Waals surface area contributed by atoms with E-state index < -0.39 is 0 Å². The van der Waals surface area contributed by atoms with E-state index in [9.17, 15) is 0 Å². The summed E-state index contributed by atoms with van der Waals surface area (Å²) in [4.78, 5) is 9.70. The second-order valence-electron chi connectivity index (χ2n) is 3.31. The first kappa shape index (κ1) is 16.0. The first-order valence-corrected chi connectivity index (χ1v) is 6.49. The molecule has 20 heavy (non-hydrogen) atoms. The molecule has 0 aliphatic heterocycles. The average Bonchev–Trinajstić information content (AvgIpc) is 2.45. The lowest BCUT2D eigenvalue weighted by Gasteiger charge is -2.08. The Morgan fingerprint density at radius 1 is 0.900 bits per heavy atom. The molecule has 0 fully saturated rings. The highest BCUT2D eigenvalue weighted by Crippen LogP contribution is 2.14. The van der Waals surface area contributed by atoms with Crippen LogP contribution in [0, 0.1) is 0 Å². The minimum absolute atomic E-state index is 0.167. The maximum atomic E-state index is 4.93. The van der Waals surface area contributed by atoms with Crippen molar-refractivity contribution in [3.8, 4) is 0 Å². The van der Waals surface area contributed by atoms with Crippen molar-refractivity contribution in [1.82, 2.24) is 0 Å². The van der Waals surface area contributed by atoms with Crippen LogP contribution in [0.15, 0.2) is 34.6 Å². The van der Waals surface area contributed by atoms with Gasteiger partial charge in [-0.3, -0.25) is 0 Å². The van der Waals surface area contributed by atoms with Crippen molar-refractivity contribution in [2.75, 3.05) is 10.6 Å². The fourth-order valence-corrected chi connectivity index (χ4v) is 1.44. The first-order valence-electron chi connectivity index (χ1n) is 5.67. The van der Waals surface area contributed by atoms with Crippen molar-refractivity contribution < 1.29 is 9.68 Å². The third-order valence-electron chi connectivity index (χ3n) is 1.86. The molecule has 0 aliphatic rings. The Morgan fingerprint density at radius 2 is 1.25 bits per heavy atom. The fourth-order valence-electron chi connectivity index (χ4n) is 1.12. The van der Waals surface area contributed by atoms with Crippen LogP contribution in [-0.2, 0) is 9.68 Å². The van der Waals surface area contributed by atoms with E-state index in [0.717, 1.165) is 11.4 Å². The van der Waals surface area contributed by atoms with Crippen LogP contribution in [0.2, 0.25) is 0 Å². The fraction of sp³-hybridized carbons (Fsp3) is 0.167. The molecular weight excluding hydrogens is 296 g/mol. The number of hydrogen-bond donors (Lipinski definition) is 2. The third-order valence-corrected chi connectivity index (χ3v) is 2.21. The Morgan fingerprint density at radius 3 is 1.55 bits per heavy atom. The topological polar surface area (TPSA) is 67.2 Å². The van der Waals surface area contributed by atoms with E-state index in [1.54, 1.807) is 38.1 Å². The molecule has 6 nitrogen and oxygen atoms in total. The molecule has 0 amide bonds. The summed E-state index contributed by atoms with van der Waals surface area (Å²) in [5.41, 5.74) is 1.54. The minimum Gasteiger partial charge on any atom is -0.326 e. The molecule has 0 saturated carbocycles. The maximum absolute atomic E-state index is 4.93. The molecule has 1 aromatic rings. The van der Waals surface area contributed by atoms with Crippen molar-refractivity contribution in [2.45, 2.75) is 13.8 Å². The molecule has 106 valence electrons. The standard InChI is InChI=1S/C12H14N4O2S2/c1-3-13-17-11(19)15-9-5-7-10(8-6-9)16-12(20)18-14-4-2/h3-8H,1-2H3,(H,15,19)(H,16,20). The van der Waals surface area contributed by atoms with E-state index in [2.05, 4.69) is 20.9 Å². The van der Waals surface area contributed by atoms with Gasteiger partial charge in [0.15, 0.2) is 0 Å². The highest BCUT2D eigenvalue weighted by atomic mass is 32.1. The van der Waals surface area contributed by atoms with Gasteiger partial charge in [-0.25, -0.2) is 0 Å². The normalized spacial score (nSPS) is 10.5. The van der Waals surface area contributed by atoms with Gasteiger partial charge in [-0.2, -0.15) is 0 Å². The Kier molecular flexibility index (Phi) is 7.15. The lowest BCUT2D eigenvalue weighted by atomic mass is 10.3. The van der Waals surface area contributed by atoms with Crippen molar-refractivity contribution in [2.24, 2.45) is 10.3 Å². The molecule has 0 atom stereocenters. The largest absolute Gasteiger partial charge is 0.326 e. The van der Waals surface area contributed by atoms with Crippen molar-refractivity contribution in [3.63, 3.8) is 0 Å². The Balaban J connectivity index is 2.51. The van der Waals surface area contributed by atoms with Gasteiger partial charge in [-0.15, -0.1) is 0 Å². The Labute approximate surface area is 127 Å². The van der Waals surface area contributed by atoms with Gasteiger partial charge in [0.1, 0.15) is 0 Å². The quantitative estimate of drug-likeness (QED) is 0.506. The number of oxime groups is 2. The van der Waals surface area contributed by atoms with Crippen molar-refractivity contribution in [3.05, 3.63) is 24.3 Å². The van der Waals surface area contributed by atoms with Crippen LogP contribution in [0.5, 0.6) is 0 Å².